The molecule has 0 saturated heterocycles. The van der Waals surface area contributed by atoms with Crippen LogP contribution in [0.3, 0.4) is 0 Å². The molecule has 3 aromatic heterocycles. The minimum Gasteiger partial charge on any atom is -0.479 e. The van der Waals surface area contributed by atoms with Crippen LogP contribution >= 0.6 is 0 Å². The highest BCUT2D eigenvalue weighted by molar-refractivity contribution is 5.94. The summed E-state index contributed by atoms with van der Waals surface area (Å²) in [5.41, 5.74) is 3.75. The van der Waals surface area contributed by atoms with Gasteiger partial charge in [0.15, 0.2) is 11.2 Å². The molecule has 0 unspecified atom stereocenters. The molecule has 3 heterocycles. The Balaban J connectivity index is 1.79. The van der Waals surface area contributed by atoms with Crippen molar-refractivity contribution in [1.29, 1.82) is 0 Å². The maximum absolute atomic E-state index is 13.9. The first-order valence-electron chi connectivity index (χ1n) is 12.1. The Labute approximate surface area is 208 Å². The van der Waals surface area contributed by atoms with E-state index in [1.165, 1.54) is 19.2 Å². The van der Waals surface area contributed by atoms with Crippen LogP contribution in [0.25, 0.3) is 27.8 Å². The smallest absolute Gasteiger partial charge is 0.335 e. The predicted octanol–water partition coefficient (Wildman–Crippen LogP) is 5.09. The summed E-state index contributed by atoms with van der Waals surface area (Å²) < 4.78 is 27.2. The van der Waals surface area contributed by atoms with E-state index in [1.54, 1.807) is 25.4 Å². The minimum absolute atomic E-state index is 0.0656. The van der Waals surface area contributed by atoms with E-state index in [-0.39, 0.29) is 11.7 Å². The van der Waals surface area contributed by atoms with Crippen LogP contribution in [0.4, 0.5) is 4.39 Å². The van der Waals surface area contributed by atoms with Crippen LogP contribution in [0.15, 0.2) is 36.5 Å². The molecule has 190 valence electrons. The van der Waals surface area contributed by atoms with Gasteiger partial charge in [-0.25, -0.2) is 14.2 Å². The van der Waals surface area contributed by atoms with Gasteiger partial charge in [-0.3, -0.25) is 5.10 Å². The molecule has 9 heteroatoms. The first kappa shape index (κ1) is 24.4. The Hall–Kier alpha value is -3.30. The third-order valence-corrected chi connectivity index (χ3v) is 7.59. The second kappa shape index (κ2) is 8.97. The SMILES string of the molecule is COCC(C)(C)c1c(C2CCC(OC)(C(=O)O)CC2)c2nc3[nH]ncc3cc2n1-c1ccc(F)cc1. The summed E-state index contributed by atoms with van der Waals surface area (Å²) in [7, 11) is 3.15. The zero-order valence-electron chi connectivity index (χ0n) is 21.0. The average molecular weight is 495 g/mol. The number of nitrogens with zero attached hydrogens (tertiary/aromatic N) is 3. The molecule has 0 aliphatic heterocycles. The fourth-order valence-corrected chi connectivity index (χ4v) is 5.81. The maximum atomic E-state index is 13.9. The number of rotatable bonds is 7. The predicted molar refractivity (Wildman–Crippen MR) is 134 cm³/mol. The number of fused-ring (bicyclic) bond motifs is 2. The first-order valence-corrected chi connectivity index (χ1v) is 12.1. The molecule has 36 heavy (non-hydrogen) atoms. The van der Waals surface area contributed by atoms with Gasteiger partial charge in [-0.05, 0) is 61.9 Å². The molecule has 1 aromatic carbocycles. The monoisotopic (exact) mass is 494 g/mol. The molecule has 1 aliphatic carbocycles. The number of benzene rings is 1. The Morgan fingerprint density at radius 2 is 1.94 bits per heavy atom. The van der Waals surface area contributed by atoms with Gasteiger partial charge in [-0.2, -0.15) is 5.10 Å². The van der Waals surface area contributed by atoms with Crippen molar-refractivity contribution in [2.75, 3.05) is 20.8 Å². The highest BCUT2D eigenvalue weighted by Crippen LogP contribution is 2.47. The third-order valence-electron chi connectivity index (χ3n) is 7.59. The van der Waals surface area contributed by atoms with Gasteiger partial charge in [0.25, 0.3) is 0 Å². The lowest BCUT2D eigenvalue weighted by Crippen LogP contribution is -2.43. The molecule has 5 rings (SSSR count). The molecule has 0 radical (unpaired) electrons. The lowest BCUT2D eigenvalue weighted by molar-refractivity contribution is -0.166. The number of hydrogen-bond donors (Lipinski definition) is 2. The molecule has 0 spiro atoms. The Bertz CT molecular complexity index is 1420. The van der Waals surface area contributed by atoms with Gasteiger partial charge in [0, 0.05) is 42.0 Å². The van der Waals surface area contributed by atoms with E-state index in [0.717, 1.165) is 33.4 Å². The zero-order valence-corrected chi connectivity index (χ0v) is 21.0. The number of carbonyl (C=O) groups is 1. The Kier molecular flexibility index (Phi) is 6.08. The molecule has 8 nitrogen and oxygen atoms in total. The van der Waals surface area contributed by atoms with E-state index in [0.29, 0.717) is 37.9 Å². The molecule has 1 aliphatic rings. The topological polar surface area (TPSA) is 102 Å². The van der Waals surface area contributed by atoms with Crippen LogP contribution in [0.2, 0.25) is 0 Å². The maximum Gasteiger partial charge on any atom is 0.335 e. The van der Waals surface area contributed by atoms with Crippen LogP contribution in [0.5, 0.6) is 0 Å². The van der Waals surface area contributed by atoms with E-state index in [2.05, 4.69) is 34.7 Å². The molecule has 1 fully saturated rings. The molecule has 0 bridgehead atoms. The Morgan fingerprint density at radius 3 is 2.56 bits per heavy atom. The van der Waals surface area contributed by atoms with Gasteiger partial charge in [0.2, 0.25) is 0 Å². The van der Waals surface area contributed by atoms with Gasteiger partial charge >= 0.3 is 5.97 Å². The number of halogens is 1. The summed E-state index contributed by atoms with van der Waals surface area (Å²) in [4.78, 5) is 17.0. The van der Waals surface area contributed by atoms with Crippen LogP contribution in [-0.2, 0) is 19.7 Å². The number of ether oxygens (including phenoxy) is 2. The van der Waals surface area contributed by atoms with Crippen molar-refractivity contribution in [1.82, 2.24) is 19.7 Å². The quantitative estimate of drug-likeness (QED) is 0.371. The summed E-state index contributed by atoms with van der Waals surface area (Å²) in [6.45, 7) is 4.71. The van der Waals surface area contributed by atoms with Crippen molar-refractivity contribution in [3.05, 3.63) is 53.6 Å². The minimum atomic E-state index is -1.17. The van der Waals surface area contributed by atoms with Crippen LogP contribution < -0.4 is 0 Å². The van der Waals surface area contributed by atoms with Crippen molar-refractivity contribution < 1.29 is 23.8 Å². The number of carboxylic acids is 1. The van der Waals surface area contributed by atoms with Gasteiger partial charge < -0.3 is 19.1 Å². The van der Waals surface area contributed by atoms with E-state index in [4.69, 9.17) is 14.5 Å². The van der Waals surface area contributed by atoms with Gasteiger partial charge in [0.1, 0.15) is 5.82 Å². The molecule has 0 amide bonds. The van der Waals surface area contributed by atoms with Crippen molar-refractivity contribution in [2.24, 2.45) is 0 Å². The molecule has 0 atom stereocenters. The van der Waals surface area contributed by atoms with Crippen LogP contribution in [-0.4, -0.2) is 57.3 Å². The number of methoxy groups -OCH3 is 2. The van der Waals surface area contributed by atoms with Crippen molar-refractivity contribution in [3.63, 3.8) is 0 Å². The molecule has 2 N–H and O–H groups in total. The van der Waals surface area contributed by atoms with Gasteiger partial charge in [0.05, 0.1) is 23.8 Å². The lowest BCUT2D eigenvalue weighted by Gasteiger charge is -2.37. The Morgan fingerprint density at radius 1 is 1.25 bits per heavy atom. The number of aromatic nitrogens is 4. The van der Waals surface area contributed by atoms with E-state index in [9.17, 15) is 14.3 Å². The first-order chi connectivity index (χ1) is 17.2. The fourth-order valence-electron chi connectivity index (χ4n) is 5.81. The summed E-state index contributed by atoms with van der Waals surface area (Å²) in [5.74, 6) is -1.16. The summed E-state index contributed by atoms with van der Waals surface area (Å²) in [6.07, 6.45) is 3.83. The molecular formula is C27H31FN4O4. The average Bonchev–Trinajstić information content (AvgIpc) is 3.45. The number of carboxylic acid groups (broad SMARTS) is 1. The van der Waals surface area contributed by atoms with Crippen molar-refractivity contribution in [3.8, 4) is 5.69 Å². The van der Waals surface area contributed by atoms with E-state index >= 15 is 0 Å². The number of pyridine rings is 1. The summed E-state index contributed by atoms with van der Waals surface area (Å²) >= 11 is 0. The number of aromatic amines is 1. The molecule has 1 saturated carbocycles. The summed E-state index contributed by atoms with van der Waals surface area (Å²) in [6, 6.07) is 8.51. The highest BCUT2D eigenvalue weighted by Gasteiger charge is 2.45. The fraction of sp³-hybridized carbons (Fsp3) is 0.444. The second-order valence-corrected chi connectivity index (χ2v) is 10.3. The number of H-pyrrole nitrogens is 1. The number of aliphatic carboxylic acids is 1. The highest BCUT2D eigenvalue weighted by atomic mass is 19.1. The zero-order chi connectivity index (χ0) is 25.7. The second-order valence-electron chi connectivity index (χ2n) is 10.3. The van der Waals surface area contributed by atoms with E-state index in [1.807, 2.05) is 0 Å². The van der Waals surface area contributed by atoms with Gasteiger partial charge in [-0.15, -0.1) is 0 Å². The van der Waals surface area contributed by atoms with Gasteiger partial charge in [-0.1, -0.05) is 13.8 Å². The van der Waals surface area contributed by atoms with E-state index < -0.39 is 17.0 Å². The van der Waals surface area contributed by atoms with Crippen molar-refractivity contribution in [2.45, 2.75) is 56.5 Å². The largest absolute Gasteiger partial charge is 0.479 e. The third kappa shape index (κ3) is 3.87. The van der Waals surface area contributed by atoms with Crippen LogP contribution in [0.1, 0.15) is 56.7 Å². The summed E-state index contributed by atoms with van der Waals surface area (Å²) in [5, 5.41) is 17.9. The lowest BCUT2D eigenvalue weighted by atomic mass is 9.73. The number of hydrogen-bond acceptors (Lipinski definition) is 5. The van der Waals surface area contributed by atoms with Crippen LogP contribution in [0, 0.1) is 5.82 Å². The normalized spacial score (nSPS) is 20.9. The van der Waals surface area contributed by atoms with Crippen molar-refractivity contribution >= 4 is 28.0 Å². The molecule has 4 aromatic rings. The molecular weight excluding hydrogens is 463 g/mol. The number of nitrogens with one attached hydrogen (secondary N) is 1. The standard InChI is InChI=1S/C27H31FN4O4/c1-26(2,15-35-3)23-21(16-9-11-27(36-4,12-10-16)25(33)34)22-20(13-17-14-29-31-24(17)30-22)32(23)19-7-5-18(28)6-8-19/h5-8,13-14,16H,9-12,15H2,1-4H3,(H,33,34)(H,29,30,31).